The largest absolute Gasteiger partial charge is 0.480 e. The molecule has 0 spiro atoms. The van der Waals surface area contributed by atoms with Gasteiger partial charge in [-0.25, -0.2) is 0 Å². The Hall–Kier alpha value is -2.16. The zero-order valence-electron chi connectivity index (χ0n) is 10.8. The molecule has 112 valence electrons. The third-order valence-electron chi connectivity index (χ3n) is 2.48. The maximum atomic E-state index is 11.4. The van der Waals surface area contributed by atoms with Crippen molar-refractivity contribution >= 4 is 17.6 Å². The minimum Gasteiger partial charge on any atom is -0.480 e. The van der Waals surface area contributed by atoms with Gasteiger partial charge in [0.1, 0.15) is 6.04 Å². The van der Waals surface area contributed by atoms with E-state index in [1.807, 2.05) is 0 Å². The Morgan fingerprint density at radius 3 is 2.35 bits per heavy atom. The number of amides is 1. The van der Waals surface area contributed by atoms with Gasteiger partial charge in [-0.2, -0.15) is 0 Å². The lowest BCUT2D eigenvalue weighted by molar-refractivity contribution is -0.138. The summed E-state index contributed by atoms with van der Waals surface area (Å²) in [4.78, 5) is 21.9. The van der Waals surface area contributed by atoms with Crippen LogP contribution in [0.2, 0.25) is 0 Å². The van der Waals surface area contributed by atoms with E-state index in [9.17, 15) is 9.59 Å². The fourth-order valence-electron chi connectivity index (χ4n) is 1.31. The highest BCUT2D eigenvalue weighted by Crippen LogP contribution is 2.08. The second-order valence-corrected chi connectivity index (χ2v) is 4.01. The number of carboxylic acids is 1. The van der Waals surface area contributed by atoms with Crippen molar-refractivity contribution in [1.82, 2.24) is 5.43 Å². The van der Waals surface area contributed by atoms with Crippen molar-refractivity contribution in [1.29, 1.82) is 0 Å². The Bertz CT molecular complexity index is 435. The van der Waals surface area contributed by atoms with Crippen LogP contribution in [0.15, 0.2) is 24.3 Å². The van der Waals surface area contributed by atoms with Crippen LogP contribution >= 0.6 is 0 Å². The molecule has 1 aromatic rings. The Morgan fingerprint density at radius 1 is 1.25 bits per heavy atom. The maximum absolute atomic E-state index is 11.4. The molecule has 8 heteroatoms. The zero-order chi connectivity index (χ0) is 14.3. The number of aliphatic hydroxyl groups excluding tert-OH is 1. The lowest BCUT2D eigenvalue weighted by Gasteiger charge is -2.10. The fourth-order valence-corrected chi connectivity index (χ4v) is 1.31. The minimum absolute atomic E-state index is 0. The first-order valence-electron chi connectivity index (χ1n) is 5.76. The van der Waals surface area contributed by atoms with Crippen LogP contribution < -0.4 is 16.6 Å². The molecule has 1 unspecified atom stereocenters. The summed E-state index contributed by atoms with van der Waals surface area (Å²) in [6, 6.07) is 5.81. The maximum Gasteiger partial charge on any atom is 0.320 e. The number of hydrogen-bond acceptors (Lipinski definition) is 5. The second kappa shape index (κ2) is 8.86. The molecule has 0 fully saturated rings. The highest BCUT2D eigenvalue weighted by molar-refractivity contribution is 5.79. The monoisotopic (exact) mass is 285 g/mol. The number of aliphatic carboxylic acids is 1. The van der Waals surface area contributed by atoms with Crippen LogP contribution in [0.25, 0.3) is 0 Å². The molecule has 1 atom stereocenters. The number of aliphatic hydroxyl groups is 1. The van der Waals surface area contributed by atoms with Crippen molar-refractivity contribution in [2.24, 2.45) is 5.73 Å². The molecule has 0 aliphatic rings. The van der Waals surface area contributed by atoms with Crippen LogP contribution in [0.1, 0.15) is 18.4 Å². The van der Waals surface area contributed by atoms with E-state index in [0.29, 0.717) is 5.69 Å². The lowest BCUT2D eigenvalue weighted by Crippen LogP contribution is -2.34. The molecule has 8 nitrogen and oxygen atoms in total. The molecule has 0 saturated heterocycles. The summed E-state index contributed by atoms with van der Waals surface area (Å²) in [5, 5.41) is 17.4. The Kier molecular flexibility index (Phi) is 7.90. The topological polar surface area (TPSA) is 156 Å². The molecule has 8 N–H and O–H groups in total. The number of nitrogens with one attached hydrogen (secondary N) is 2. The molecule has 0 bridgehead atoms. The van der Waals surface area contributed by atoms with E-state index in [0.717, 1.165) is 5.56 Å². The molecular formula is C12H19N3O5. The van der Waals surface area contributed by atoms with Crippen molar-refractivity contribution in [3.05, 3.63) is 29.8 Å². The molecule has 20 heavy (non-hydrogen) atoms. The Morgan fingerprint density at radius 2 is 1.85 bits per heavy atom. The molecule has 0 saturated carbocycles. The average molecular weight is 285 g/mol. The van der Waals surface area contributed by atoms with Gasteiger partial charge in [0, 0.05) is 6.42 Å². The van der Waals surface area contributed by atoms with E-state index in [2.05, 4.69) is 10.9 Å². The van der Waals surface area contributed by atoms with Crippen LogP contribution in [0.5, 0.6) is 0 Å². The van der Waals surface area contributed by atoms with Gasteiger partial charge in [0.05, 0.1) is 12.3 Å². The van der Waals surface area contributed by atoms with E-state index in [1.54, 1.807) is 24.3 Å². The number of carboxylic acid groups (broad SMARTS) is 1. The van der Waals surface area contributed by atoms with E-state index >= 15 is 0 Å². The van der Waals surface area contributed by atoms with Crippen molar-refractivity contribution in [2.45, 2.75) is 25.5 Å². The first-order chi connectivity index (χ1) is 9.02. The van der Waals surface area contributed by atoms with E-state index < -0.39 is 12.0 Å². The van der Waals surface area contributed by atoms with Gasteiger partial charge in [0.2, 0.25) is 5.91 Å². The van der Waals surface area contributed by atoms with Gasteiger partial charge >= 0.3 is 5.97 Å². The van der Waals surface area contributed by atoms with Crippen LogP contribution in [-0.4, -0.2) is 33.6 Å². The number of rotatable bonds is 7. The lowest BCUT2D eigenvalue weighted by atomic mass is 10.1. The van der Waals surface area contributed by atoms with Crippen molar-refractivity contribution in [2.75, 3.05) is 5.43 Å². The van der Waals surface area contributed by atoms with Crippen molar-refractivity contribution in [3.63, 3.8) is 0 Å². The average Bonchev–Trinajstić information content (AvgIpc) is 2.42. The highest BCUT2D eigenvalue weighted by atomic mass is 16.4. The van der Waals surface area contributed by atoms with Crippen molar-refractivity contribution < 1.29 is 25.3 Å². The van der Waals surface area contributed by atoms with E-state index in [4.69, 9.17) is 15.9 Å². The molecule has 0 aromatic heterocycles. The molecule has 1 amide bonds. The normalized spacial score (nSPS) is 11.1. The smallest absolute Gasteiger partial charge is 0.320 e. The second-order valence-electron chi connectivity index (χ2n) is 4.01. The first-order valence-corrected chi connectivity index (χ1v) is 5.76. The van der Waals surface area contributed by atoms with Gasteiger partial charge in [0.25, 0.3) is 0 Å². The van der Waals surface area contributed by atoms with E-state index in [-0.39, 0.29) is 30.8 Å². The molecule has 0 radical (unpaired) electrons. The summed E-state index contributed by atoms with van der Waals surface area (Å²) in [5.74, 6) is -1.47. The van der Waals surface area contributed by atoms with E-state index in [1.165, 1.54) is 0 Å². The number of carbonyl (C=O) groups excluding carboxylic acids is 1. The summed E-state index contributed by atoms with van der Waals surface area (Å²) in [5.41, 5.74) is 11.8. The third kappa shape index (κ3) is 6.14. The predicted octanol–water partition coefficient (Wildman–Crippen LogP) is -1.01. The van der Waals surface area contributed by atoms with Crippen LogP contribution in [-0.2, 0) is 16.2 Å². The summed E-state index contributed by atoms with van der Waals surface area (Å²) in [7, 11) is 0. The summed E-state index contributed by atoms with van der Waals surface area (Å²) >= 11 is 0. The predicted molar refractivity (Wildman–Crippen MR) is 72.6 cm³/mol. The Labute approximate surface area is 115 Å². The number of hydrazine groups is 1. The number of benzene rings is 1. The number of nitrogens with two attached hydrogens (primary N) is 1. The number of anilines is 1. The van der Waals surface area contributed by atoms with Gasteiger partial charge < -0.3 is 21.4 Å². The van der Waals surface area contributed by atoms with Crippen LogP contribution in [0, 0.1) is 0 Å². The molecule has 1 rings (SSSR count). The summed E-state index contributed by atoms with van der Waals surface area (Å²) < 4.78 is 0. The molecule has 0 heterocycles. The third-order valence-corrected chi connectivity index (χ3v) is 2.48. The van der Waals surface area contributed by atoms with Crippen LogP contribution in [0.4, 0.5) is 5.69 Å². The zero-order valence-corrected chi connectivity index (χ0v) is 10.8. The quantitative estimate of drug-likeness (QED) is 0.404. The Balaban J connectivity index is 0.00000361. The fraction of sp³-hybridized carbons (Fsp3) is 0.333. The SMILES string of the molecule is NC(CCC(=O)NNc1ccc(CO)cc1)C(=O)O.O. The van der Waals surface area contributed by atoms with Gasteiger partial charge in [-0.15, -0.1) is 0 Å². The first kappa shape index (κ1) is 17.8. The standard InChI is InChI=1S/C12H17N3O4.H2O/c13-10(12(18)19)5-6-11(17)15-14-9-3-1-8(7-16)2-4-9;/h1-4,10,14,16H,5-7,13H2,(H,15,17)(H,18,19);1H2. The molecular weight excluding hydrogens is 266 g/mol. The molecule has 1 aromatic carbocycles. The van der Waals surface area contributed by atoms with Gasteiger partial charge in [-0.05, 0) is 24.1 Å². The van der Waals surface area contributed by atoms with Gasteiger partial charge in [-0.3, -0.25) is 20.4 Å². The summed E-state index contributed by atoms with van der Waals surface area (Å²) in [6.45, 7) is -0.0419. The number of carbonyl (C=O) groups is 2. The van der Waals surface area contributed by atoms with Crippen molar-refractivity contribution in [3.8, 4) is 0 Å². The van der Waals surface area contributed by atoms with Crippen LogP contribution in [0.3, 0.4) is 0 Å². The number of hydrogen-bond donors (Lipinski definition) is 5. The van der Waals surface area contributed by atoms with Gasteiger partial charge in [-0.1, -0.05) is 12.1 Å². The highest BCUT2D eigenvalue weighted by Gasteiger charge is 2.13. The van der Waals surface area contributed by atoms with Gasteiger partial charge in [0.15, 0.2) is 0 Å². The molecule has 0 aliphatic carbocycles. The molecule has 0 aliphatic heterocycles. The summed E-state index contributed by atoms with van der Waals surface area (Å²) in [6.07, 6.45) is 0.0987. The minimum atomic E-state index is -1.12.